The molecule has 2 aliphatic carbocycles. The number of nitrogens with zero attached hydrogens (tertiary/aromatic N) is 1. The first-order valence-electron chi connectivity index (χ1n) is 11.4. The Bertz CT molecular complexity index is 1030. The number of aryl methyl sites for hydroxylation is 1. The number of carbonyl (C=O) groups excluding carboxylic acids is 2. The van der Waals surface area contributed by atoms with Gasteiger partial charge < -0.3 is 15.6 Å². The van der Waals surface area contributed by atoms with Crippen LogP contribution in [-0.4, -0.2) is 22.3 Å². The fourth-order valence-corrected chi connectivity index (χ4v) is 5.22. The lowest BCUT2D eigenvalue weighted by Gasteiger charge is -2.30. The summed E-state index contributed by atoms with van der Waals surface area (Å²) in [5.41, 5.74) is 9.02. The first-order valence-corrected chi connectivity index (χ1v) is 11.4. The second-order valence-corrected chi connectivity index (χ2v) is 9.83. The number of hydrogen-bond donors (Lipinski definition) is 2. The van der Waals surface area contributed by atoms with Crippen molar-refractivity contribution >= 4 is 17.4 Å². The number of halogens is 1. The Kier molecular flexibility index (Phi) is 5.67. The van der Waals surface area contributed by atoms with E-state index in [9.17, 15) is 9.59 Å². The van der Waals surface area contributed by atoms with Gasteiger partial charge in [-0.2, -0.15) is 0 Å². The SMILES string of the molecule is CCc1cn(-c2cc(F)c(C(N)=O)c(NC3CCCCC3)c2)c2c1C(=O)CC(C)(C)C2. The predicted molar refractivity (Wildman–Crippen MR) is 121 cm³/mol. The lowest BCUT2D eigenvalue weighted by molar-refractivity contribution is 0.0909. The van der Waals surface area contributed by atoms with Crippen LogP contribution in [0.3, 0.4) is 0 Å². The highest BCUT2D eigenvalue weighted by molar-refractivity contribution is 6.01. The molecule has 0 radical (unpaired) electrons. The van der Waals surface area contributed by atoms with Crippen molar-refractivity contribution in [3.05, 3.63) is 46.5 Å². The maximum Gasteiger partial charge on any atom is 0.253 e. The fraction of sp³-hybridized carbons (Fsp3) is 0.520. The van der Waals surface area contributed by atoms with E-state index >= 15 is 4.39 Å². The standard InChI is InChI=1S/C25H32FN3O2/c1-4-15-14-29(20-12-25(2,3)13-21(30)22(15)20)17-10-18(26)23(24(27)31)19(11-17)28-16-8-6-5-7-9-16/h10-11,14,16,28H,4-9,12-13H2,1-3H3,(H2,27,31). The number of hydrogen-bond acceptors (Lipinski definition) is 3. The van der Waals surface area contributed by atoms with Gasteiger partial charge in [0.05, 0.1) is 16.9 Å². The highest BCUT2D eigenvalue weighted by Gasteiger charge is 2.35. The highest BCUT2D eigenvalue weighted by Crippen LogP contribution is 2.39. The number of fused-ring (bicyclic) bond motifs is 1. The zero-order valence-electron chi connectivity index (χ0n) is 18.7. The van der Waals surface area contributed by atoms with Crippen molar-refractivity contribution in [1.82, 2.24) is 4.57 Å². The number of primary amides is 1. The van der Waals surface area contributed by atoms with Gasteiger partial charge in [-0.15, -0.1) is 0 Å². The Morgan fingerprint density at radius 2 is 1.94 bits per heavy atom. The number of ketones is 1. The summed E-state index contributed by atoms with van der Waals surface area (Å²) in [7, 11) is 0. The summed E-state index contributed by atoms with van der Waals surface area (Å²) in [6.07, 6.45) is 9.36. The van der Waals surface area contributed by atoms with E-state index in [-0.39, 0.29) is 22.8 Å². The molecule has 2 aromatic rings. The van der Waals surface area contributed by atoms with Crippen LogP contribution in [0.1, 0.15) is 91.3 Å². The molecule has 0 atom stereocenters. The molecule has 2 aliphatic rings. The van der Waals surface area contributed by atoms with Gasteiger partial charge in [0.25, 0.3) is 5.91 Å². The molecule has 1 amide bonds. The van der Waals surface area contributed by atoms with Crippen LogP contribution in [0.25, 0.3) is 5.69 Å². The van der Waals surface area contributed by atoms with Crippen molar-refractivity contribution in [2.24, 2.45) is 11.1 Å². The number of rotatable bonds is 5. The van der Waals surface area contributed by atoms with Crippen LogP contribution in [-0.2, 0) is 12.8 Å². The van der Waals surface area contributed by atoms with E-state index in [0.717, 1.165) is 55.3 Å². The summed E-state index contributed by atoms with van der Waals surface area (Å²) in [5.74, 6) is -1.26. The van der Waals surface area contributed by atoms with Gasteiger partial charge >= 0.3 is 0 Å². The highest BCUT2D eigenvalue weighted by atomic mass is 19.1. The number of nitrogens with two attached hydrogens (primary N) is 1. The van der Waals surface area contributed by atoms with E-state index in [1.165, 1.54) is 12.5 Å². The first kappa shape index (κ1) is 21.6. The molecular weight excluding hydrogens is 393 g/mol. The fourth-order valence-electron chi connectivity index (χ4n) is 5.22. The predicted octanol–water partition coefficient (Wildman–Crippen LogP) is 5.18. The molecule has 31 heavy (non-hydrogen) atoms. The average molecular weight is 426 g/mol. The van der Waals surface area contributed by atoms with Gasteiger partial charge in [-0.1, -0.05) is 40.0 Å². The van der Waals surface area contributed by atoms with Crippen LogP contribution >= 0.6 is 0 Å². The van der Waals surface area contributed by atoms with E-state index < -0.39 is 11.7 Å². The Hall–Kier alpha value is -2.63. The van der Waals surface area contributed by atoms with Crippen molar-refractivity contribution in [3.8, 4) is 5.69 Å². The normalized spacial score (nSPS) is 18.6. The molecule has 0 unspecified atom stereocenters. The van der Waals surface area contributed by atoms with Crippen molar-refractivity contribution in [2.75, 3.05) is 5.32 Å². The summed E-state index contributed by atoms with van der Waals surface area (Å²) in [5, 5.41) is 3.39. The smallest absolute Gasteiger partial charge is 0.253 e. The third kappa shape index (κ3) is 4.12. The second-order valence-electron chi connectivity index (χ2n) is 9.83. The van der Waals surface area contributed by atoms with Crippen molar-refractivity contribution in [3.63, 3.8) is 0 Å². The summed E-state index contributed by atoms with van der Waals surface area (Å²) in [6.45, 7) is 6.20. The molecule has 1 aromatic carbocycles. The van der Waals surface area contributed by atoms with Crippen LogP contribution in [0.15, 0.2) is 18.3 Å². The lowest BCUT2D eigenvalue weighted by atomic mass is 9.75. The number of nitrogens with one attached hydrogen (secondary N) is 1. The molecule has 1 aromatic heterocycles. The minimum atomic E-state index is -0.776. The molecular formula is C25H32FN3O2. The third-order valence-corrected chi connectivity index (χ3v) is 6.69. The van der Waals surface area contributed by atoms with Crippen molar-refractivity contribution in [2.45, 2.75) is 78.2 Å². The van der Waals surface area contributed by atoms with Crippen LogP contribution in [0.5, 0.6) is 0 Å². The zero-order chi connectivity index (χ0) is 22.3. The number of carbonyl (C=O) groups is 2. The molecule has 1 heterocycles. The number of aromatic nitrogens is 1. The molecule has 0 spiro atoms. The number of benzene rings is 1. The largest absolute Gasteiger partial charge is 0.382 e. The lowest BCUT2D eigenvalue weighted by Crippen LogP contribution is -2.28. The maximum absolute atomic E-state index is 15.1. The molecule has 3 N–H and O–H groups in total. The van der Waals surface area contributed by atoms with E-state index in [2.05, 4.69) is 19.2 Å². The minimum absolute atomic E-state index is 0.0949. The second kappa shape index (κ2) is 8.13. The van der Waals surface area contributed by atoms with E-state index in [0.29, 0.717) is 17.8 Å². The van der Waals surface area contributed by atoms with Gasteiger partial charge in [0.2, 0.25) is 0 Å². The van der Waals surface area contributed by atoms with E-state index in [1.54, 1.807) is 0 Å². The topological polar surface area (TPSA) is 77.1 Å². The van der Waals surface area contributed by atoms with Gasteiger partial charge in [0.15, 0.2) is 5.78 Å². The van der Waals surface area contributed by atoms with Crippen LogP contribution in [0.4, 0.5) is 10.1 Å². The Morgan fingerprint density at radius 3 is 2.58 bits per heavy atom. The quantitative estimate of drug-likeness (QED) is 0.693. The Morgan fingerprint density at radius 1 is 1.23 bits per heavy atom. The summed E-state index contributed by atoms with van der Waals surface area (Å²) in [6, 6.07) is 3.37. The maximum atomic E-state index is 15.1. The Labute approximate surface area is 183 Å². The summed E-state index contributed by atoms with van der Waals surface area (Å²) >= 11 is 0. The molecule has 4 rings (SSSR count). The monoisotopic (exact) mass is 425 g/mol. The molecule has 5 nitrogen and oxygen atoms in total. The minimum Gasteiger partial charge on any atom is -0.382 e. The molecule has 6 heteroatoms. The molecule has 166 valence electrons. The Balaban J connectivity index is 1.83. The van der Waals surface area contributed by atoms with Crippen LogP contribution < -0.4 is 11.1 Å². The number of Topliss-reactive ketones (excluding diaryl/α,β-unsaturated/α-hetero) is 1. The van der Waals surface area contributed by atoms with Gasteiger partial charge in [-0.25, -0.2) is 4.39 Å². The average Bonchev–Trinajstić information content (AvgIpc) is 3.05. The third-order valence-electron chi connectivity index (χ3n) is 6.69. The van der Waals surface area contributed by atoms with Crippen LogP contribution in [0, 0.1) is 11.2 Å². The van der Waals surface area contributed by atoms with Crippen molar-refractivity contribution in [1.29, 1.82) is 0 Å². The number of amides is 1. The number of anilines is 1. The van der Waals surface area contributed by atoms with Crippen molar-refractivity contribution < 1.29 is 14.0 Å². The van der Waals surface area contributed by atoms with E-state index in [1.807, 2.05) is 23.8 Å². The molecule has 0 saturated heterocycles. The van der Waals surface area contributed by atoms with E-state index in [4.69, 9.17) is 5.73 Å². The summed E-state index contributed by atoms with van der Waals surface area (Å²) in [4.78, 5) is 24.9. The molecule has 1 fully saturated rings. The molecule has 1 saturated carbocycles. The molecule has 0 aliphatic heterocycles. The first-order chi connectivity index (χ1) is 14.7. The van der Waals surface area contributed by atoms with Gasteiger partial charge in [0.1, 0.15) is 5.82 Å². The van der Waals surface area contributed by atoms with Gasteiger partial charge in [-0.3, -0.25) is 9.59 Å². The zero-order valence-corrected chi connectivity index (χ0v) is 18.7. The summed E-state index contributed by atoms with van der Waals surface area (Å²) < 4.78 is 17.1. The van der Waals surface area contributed by atoms with Crippen LogP contribution in [0.2, 0.25) is 0 Å². The van der Waals surface area contributed by atoms with Gasteiger partial charge in [-0.05, 0) is 48.8 Å². The molecule has 0 bridgehead atoms. The van der Waals surface area contributed by atoms with Gasteiger partial charge in [0, 0.05) is 29.9 Å².